The molecule has 15 nitrogen and oxygen atoms in total. The first-order valence-corrected chi connectivity index (χ1v) is 17.2. The van der Waals surface area contributed by atoms with Crippen LogP contribution >= 0.6 is 0 Å². The van der Waals surface area contributed by atoms with E-state index in [1.807, 2.05) is 6.92 Å². The molecule has 0 amide bonds. The van der Waals surface area contributed by atoms with Crippen molar-refractivity contribution in [2.24, 2.45) is 0 Å². The Morgan fingerprint density at radius 2 is 0.872 bits per heavy atom. The number of benzene rings is 1. The summed E-state index contributed by atoms with van der Waals surface area (Å²) in [7, 11) is -3.78. The van der Waals surface area contributed by atoms with Gasteiger partial charge < -0.3 is 47.7 Å². The van der Waals surface area contributed by atoms with Crippen LogP contribution in [0.25, 0.3) is 0 Å². The molecule has 1 aromatic rings. The van der Waals surface area contributed by atoms with E-state index < -0.39 is 16.1 Å². The van der Waals surface area contributed by atoms with Crippen LogP contribution in [0.1, 0.15) is 31.2 Å². The van der Waals surface area contributed by atoms with Crippen LogP contribution < -0.4 is 0 Å². The number of carbonyl (C=O) groups is 2. The molecule has 0 saturated carbocycles. The highest BCUT2D eigenvalue weighted by molar-refractivity contribution is 7.86. The molecule has 0 fully saturated rings. The molecule has 0 aromatic heterocycles. The van der Waals surface area contributed by atoms with Crippen molar-refractivity contribution in [3.05, 3.63) is 29.8 Å². The van der Waals surface area contributed by atoms with Gasteiger partial charge in [0, 0.05) is 12.8 Å². The van der Waals surface area contributed by atoms with Crippen LogP contribution in [0.5, 0.6) is 0 Å². The third-order valence-electron chi connectivity index (χ3n) is 5.89. The maximum absolute atomic E-state index is 12.1. The molecule has 0 bridgehead atoms. The van der Waals surface area contributed by atoms with Crippen LogP contribution in [0.15, 0.2) is 29.2 Å². The van der Waals surface area contributed by atoms with E-state index in [1.54, 1.807) is 12.1 Å². The van der Waals surface area contributed by atoms with E-state index in [9.17, 15) is 18.0 Å². The van der Waals surface area contributed by atoms with Crippen molar-refractivity contribution >= 4 is 22.1 Å². The van der Waals surface area contributed by atoms with Crippen molar-refractivity contribution < 1.29 is 69.9 Å². The fourth-order valence-electron chi connectivity index (χ4n) is 3.45. The highest BCUT2D eigenvalue weighted by Crippen LogP contribution is 2.13. The zero-order valence-electron chi connectivity index (χ0n) is 27.4. The van der Waals surface area contributed by atoms with Crippen LogP contribution in [0.4, 0.5) is 0 Å². The molecule has 16 heteroatoms. The molecule has 0 atom stereocenters. The first-order valence-electron chi connectivity index (χ1n) is 15.8. The molecule has 0 aliphatic carbocycles. The normalized spacial score (nSPS) is 11.6. The smallest absolute Gasteiger partial charge is 0.305 e. The van der Waals surface area contributed by atoms with E-state index in [0.29, 0.717) is 105 Å². The molecule has 0 aliphatic heterocycles. The van der Waals surface area contributed by atoms with E-state index in [1.165, 1.54) is 12.1 Å². The van der Waals surface area contributed by atoms with E-state index in [-0.39, 0.29) is 50.1 Å². The average Bonchev–Trinajstić information content (AvgIpc) is 3.04. The molecule has 0 aliphatic rings. The summed E-state index contributed by atoms with van der Waals surface area (Å²) >= 11 is 0. The number of carbonyl (C=O) groups excluding carboxylic acids is 1. The summed E-state index contributed by atoms with van der Waals surface area (Å²) in [4.78, 5) is 22.0. The fourth-order valence-corrected chi connectivity index (χ4v) is 4.34. The van der Waals surface area contributed by atoms with Gasteiger partial charge in [-0.05, 0) is 31.9 Å². The molecule has 0 spiro atoms. The minimum absolute atomic E-state index is 0.0532. The minimum atomic E-state index is -3.78. The standard InChI is InChI=1S/C31H52O15S/c1-28-6-8-29(9-7-28)47(35,36)46-27-25-44-23-21-42-19-17-40-15-13-38-11-10-37-12-14-39-16-18-41-20-22-43-24-26-45-31(34)5-3-2-4-30(32)33/h6-9H,2-5,10-27H2,1H3,(H,32,33). The number of hydrogen-bond donors (Lipinski definition) is 1. The third-order valence-corrected chi connectivity index (χ3v) is 7.22. The van der Waals surface area contributed by atoms with Crippen LogP contribution in [0.2, 0.25) is 0 Å². The van der Waals surface area contributed by atoms with Crippen LogP contribution in [-0.4, -0.2) is 144 Å². The lowest BCUT2D eigenvalue weighted by molar-refractivity contribution is -0.146. The molecule has 272 valence electrons. The molecule has 1 N–H and O–H groups in total. The molecule has 0 heterocycles. The van der Waals surface area contributed by atoms with Gasteiger partial charge in [0.1, 0.15) is 6.61 Å². The summed E-state index contributed by atoms with van der Waals surface area (Å²) in [5.74, 6) is -1.22. The Bertz CT molecular complexity index is 1000. The fraction of sp³-hybridized carbons (Fsp3) is 0.742. The number of carboxylic acid groups (broad SMARTS) is 1. The molecule has 0 radical (unpaired) electrons. The quantitative estimate of drug-likeness (QED) is 0.0628. The highest BCUT2D eigenvalue weighted by Gasteiger charge is 2.14. The zero-order valence-corrected chi connectivity index (χ0v) is 28.3. The Labute approximate surface area is 278 Å². The highest BCUT2D eigenvalue weighted by atomic mass is 32.2. The number of carboxylic acids is 1. The second-order valence-electron chi connectivity index (χ2n) is 9.81. The maximum atomic E-state index is 12.1. The predicted octanol–water partition coefficient (Wildman–Crippen LogP) is 2.02. The van der Waals surface area contributed by atoms with E-state index in [0.717, 1.165) is 5.56 Å². The summed E-state index contributed by atoms with van der Waals surface area (Å²) in [6, 6.07) is 6.45. The summed E-state index contributed by atoms with van der Waals surface area (Å²) in [6.07, 6.45) is 1.21. The second kappa shape index (κ2) is 29.9. The van der Waals surface area contributed by atoms with Gasteiger partial charge in [0.25, 0.3) is 10.1 Å². The summed E-state index contributed by atoms with van der Waals surface area (Å²) in [6.45, 7) is 8.17. The summed E-state index contributed by atoms with van der Waals surface area (Å²) in [5, 5.41) is 8.54. The van der Waals surface area contributed by atoms with Crippen molar-refractivity contribution in [2.45, 2.75) is 37.5 Å². The summed E-state index contributed by atoms with van der Waals surface area (Å²) in [5.41, 5.74) is 0.968. The van der Waals surface area contributed by atoms with Crippen LogP contribution in [0, 0.1) is 6.92 Å². The Morgan fingerprint density at radius 1 is 0.532 bits per heavy atom. The SMILES string of the molecule is Cc1ccc(S(=O)(=O)OCCOCCOCCOCCOCCOCCOCCOCCOCCOC(=O)CCCCC(=O)O)cc1. The van der Waals surface area contributed by atoms with Crippen molar-refractivity contribution in [2.75, 3.05) is 119 Å². The van der Waals surface area contributed by atoms with Gasteiger partial charge in [0.15, 0.2) is 0 Å². The van der Waals surface area contributed by atoms with Gasteiger partial charge in [-0.15, -0.1) is 0 Å². The topological polar surface area (TPSA) is 181 Å². The maximum Gasteiger partial charge on any atom is 0.305 e. The molecule has 1 aromatic carbocycles. The molecular weight excluding hydrogens is 644 g/mol. The van der Waals surface area contributed by atoms with Crippen LogP contribution in [-0.2, 0) is 66.5 Å². The first kappa shape index (κ1) is 42.8. The number of hydrogen-bond acceptors (Lipinski definition) is 14. The molecule has 0 unspecified atom stereocenters. The molecule has 1 rings (SSSR count). The van der Waals surface area contributed by atoms with Gasteiger partial charge >= 0.3 is 11.9 Å². The number of rotatable bonds is 34. The van der Waals surface area contributed by atoms with Crippen molar-refractivity contribution in [1.29, 1.82) is 0 Å². The van der Waals surface area contributed by atoms with E-state index in [2.05, 4.69) is 0 Å². The van der Waals surface area contributed by atoms with E-state index in [4.69, 9.17) is 51.9 Å². The van der Waals surface area contributed by atoms with Gasteiger partial charge in [0.2, 0.25) is 0 Å². The molecular formula is C31H52O15S. The Hall–Kier alpha value is -2.25. The predicted molar refractivity (Wildman–Crippen MR) is 168 cm³/mol. The summed E-state index contributed by atoms with van der Waals surface area (Å²) < 4.78 is 77.3. The molecule has 0 saturated heterocycles. The monoisotopic (exact) mass is 696 g/mol. The van der Waals surface area contributed by atoms with Gasteiger partial charge in [-0.1, -0.05) is 17.7 Å². The van der Waals surface area contributed by atoms with Gasteiger partial charge in [-0.3, -0.25) is 13.8 Å². The third kappa shape index (κ3) is 27.4. The van der Waals surface area contributed by atoms with Gasteiger partial charge in [-0.25, -0.2) is 0 Å². The Kier molecular flexibility index (Phi) is 27.2. The zero-order chi connectivity index (χ0) is 34.3. The van der Waals surface area contributed by atoms with Gasteiger partial charge in [0.05, 0.1) is 117 Å². The lowest BCUT2D eigenvalue weighted by Gasteiger charge is -2.09. The second-order valence-corrected chi connectivity index (χ2v) is 11.4. The first-order chi connectivity index (χ1) is 22.8. The number of unbranched alkanes of at least 4 members (excludes halogenated alkanes) is 1. The average molecular weight is 697 g/mol. The van der Waals surface area contributed by atoms with E-state index >= 15 is 0 Å². The Morgan fingerprint density at radius 3 is 1.26 bits per heavy atom. The van der Waals surface area contributed by atoms with Crippen molar-refractivity contribution in [1.82, 2.24) is 0 Å². The minimum Gasteiger partial charge on any atom is -0.481 e. The van der Waals surface area contributed by atoms with Crippen molar-refractivity contribution in [3.8, 4) is 0 Å². The largest absolute Gasteiger partial charge is 0.481 e. The number of ether oxygens (including phenoxy) is 9. The van der Waals surface area contributed by atoms with Gasteiger partial charge in [-0.2, -0.15) is 8.42 Å². The lowest BCUT2D eigenvalue weighted by Crippen LogP contribution is -2.16. The van der Waals surface area contributed by atoms with Crippen molar-refractivity contribution in [3.63, 3.8) is 0 Å². The number of aryl methyl sites for hydroxylation is 1. The Balaban J connectivity index is 1.71. The lowest BCUT2D eigenvalue weighted by atomic mass is 10.2. The number of esters is 1. The molecule has 47 heavy (non-hydrogen) atoms. The number of aliphatic carboxylic acids is 1. The van der Waals surface area contributed by atoms with Crippen LogP contribution in [0.3, 0.4) is 0 Å².